The van der Waals surface area contributed by atoms with Crippen LogP contribution in [0.4, 0.5) is 0 Å². The van der Waals surface area contributed by atoms with Crippen molar-refractivity contribution in [2.24, 2.45) is 0 Å². The topological polar surface area (TPSA) is 68.5 Å². The van der Waals surface area contributed by atoms with Crippen molar-refractivity contribution in [1.29, 1.82) is 0 Å². The second-order valence-corrected chi connectivity index (χ2v) is 6.63. The summed E-state index contributed by atoms with van der Waals surface area (Å²) in [7, 11) is 1.61. The number of para-hydroxylation sites is 1. The predicted octanol–water partition coefficient (Wildman–Crippen LogP) is 3.30. The van der Waals surface area contributed by atoms with Crippen LogP contribution in [-0.2, 0) is 11.2 Å². The maximum Gasteiger partial charge on any atom is 0.261 e. The van der Waals surface area contributed by atoms with Gasteiger partial charge < -0.3 is 14.2 Å². The zero-order valence-electron chi connectivity index (χ0n) is 15.2. The molecule has 1 aromatic heterocycles. The summed E-state index contributed by atoms with van der Waals surface area (Å²) in [5, 5.41) is 4.12. The van der Waals surface area contributed by atoms with Gasteiger partial charge in [-0.1, -0.05) is 47.6 Å². The summed E-state index contributed by atoms with van der Waals surface area (Å²) < 4.78 is 10.8. The number of rotatable bonds is 6. The van der Waals surface area contributed by atoms with Crippen LogP contribution in [0.15, 0.2) is 59.1 Å². The van der Waals surface area contributed by atoms with E-state index in [4.69, 9.17) is 9.26 Å². The lowest BCUT2D eigenvalue weighted by molar-refractivity contribution is -0.127. The van der Waals surface area contributed by atoms with Crippen molar-refractivity contribution in [1.82, 2.24) is 15.0 Å². The third kappa shape index (κ3) is 3.69. The van der Waals surface area contributed by atoms with E-state index >= 15 is 0 Å². The molecule has 1 aliphatic rings. The Hall–Kier alpha value is -3.15. The standard InChI is InChI=1S/C21H21N3O3/c1-26-18-10-6-5-9-17(18)21-22-20(23-27-21)16-13-19(25)24(14-16)12-11-15-7-3-2-4-8-15/h2-10,16H,11-14H2,1H3. The van der Waals surface area contributed by atoms with Crippen molar-refractivity contribution in [2.75, 3.05) is 20.2 Å². The van der Waals surface area contributed by atoms with Crippen LogP contribution in [0.3, 0.4) is 0 Å². The number of ether oxygens (including phenoxy) is 1. The van der Waals surface area contributed by atoms with Crippen molar-refractivity contribution in [3.8, 4) is 17.2 Å². The van der Waals surface area contributed by atoms with Gasteiger partial charge in [-0.3, -0.25) is 4.79 Å². The molecule has 6 heteroatoms. The Balaban J connectivity index is 1.44. The Morgan fingerprint density at radius 1 is 1.15 bits per heavy atom. The van der Waals surface area contributed by atoms with E-state index in [1.807, 2.05) is 47.4 Å². The monoisotopic (exact) mass is 363 g/mol. The first-order valence-corrected chi connectivity index (χ1v) is 9.03. The highest BCUT2D eigenvalue weighted by Gasteiger charge is 2.33. The van der Waals surface area contributed by atoms with Crippen molar-refractivity contribution in [3.63, 3.8) is 0 Å². The Kier molecular flexibility index (Phi) is 4.87. The van der Waals surface area contributed by atoms with Crippen LogP contribution in [0, 0.1) is 0 Å². The quantitative estimate of drug-likeness (QED) is 0.672. The lowest BCUT2D eigenvalue weighted by Crippen LogP contribution is -2.27. The Bertz CT molecular complexity index is 923. The molecule has 1 unspecified atom stereocenters. The van der Waals surface area contributed by atoms with Crippen molar-refractivity contribution >= 4 is 5.91 Å². The first-order valence-electron chi connectivity index (χ1n) is 9.03. The van der Waals surface area contributed by atoms with Crippen LogP contribution in [-0.4, -0.2) is 41.1 Å². The number of carbonyl (C=O) groups excluding carboxylic acids is 1. The highest BCUT2D eigenvalue weighted by Crippen LogP contribution is 2.31. The number of benzene rings is 2. The number of aromatic nitrogens is 2. The molecule has 1 amide bonds. The minimum atomic E-state index is -0.0412. The SMILES string of the molecule is COc1ccccc1-c1nc(C2CC(=O)N(CCc3ccccc3)C2)no1. The van der Waals surface area contributed by atoms with Gasteiger partial charge in [0.15, 0.2) is 5.82 Å². The fraction of sp³-hybridized carbons (Fsp3) is 0.286. The summed E-state index contributed by atoms with van der Waals surface area (Å²) in [6.07, 6.45) is 1.26. The molecule has 0 saturated carbocycles. The molecule has 0 radical (unpaired) electrons. The molecular weight excluding hydrogens is 342 g/mol. The van der Waals surface area contributed by atoms with E-state index in [0.29, 0.717) is 37.0 Å². The van der Waals surface area contributed by atoms with E-state index in [2.05, 4.69) is 22.3 Å². The molecule has 0 N–H and O–H groups in total. The van der Waals surface area contributed by atoms with Crippen LogP contribution in [0.25, 0.3) is 11.5 Å². The van der Waals surface area contributed by atoms with Crippen LogP contribution in [0.1, 0.15) is 23.7 Å². The normalized spacial score (nSPS) is 16.7. The molecule has 1 saturated heterocycles. The highest BCUT2D eigenvalue weighted by atomic mass is 16.5. The third-order valence-corrected chi connectivity index (χ3v) is 4.87. The van der Waals surface area contributed by atoms with Gasteiger partial charge in [0.05, 0.1) is 12.7 Å². The Labute approximate surface area is 157 Å². The van der Waals surface area contributed by atoms with Gasteiger partial charge in [-0.05, 0) is 24.1 Å². The first-order chi connectivity index (χ1) is 13.2. The van der Waals surface area contributed by atoms with Gasteiger partial charge >= 0.3 is 0 Å². The second kappa shape index (κ2) is 7.61. The zero-order chi connectivity index (χ0) is 18.6. The van der Waals surface area contributed by atoms with Crippen LogP contribution < -0.4 is 4.74 Å². The lowest BCUT2D eigenvalue weighted by Gasteiger charge is -2.15. The summed E-state index contributed by atoms with van der Waals surface area (Å²) in [6, 6.07) is 17.7. The van der Waals surface area contributed by atoms with Gasteiger partial charge in [-0.2, -0.15) is 4.98 Å². The van der Waals surface area contributed by atoms with Crippen LogP contribution >= 0.6 is 0 Å². The van der Waals surface area contributed by atoms with E-state index in [1.165, 1.54) is 5.56 Å². The molecule has 1 atom stereocenters. The van der Waals surface area contributed by atoms with Crippen molar-refractivity contribution in [2.45, 2.75) is 18.8 Å². The van der Waals surface area contributed by atoms with Crippen LogP contribution in [0.5, 0.6) is 5.75 Å². The van der Waals surface area contributed by atoms with E-state index in [1.54, 1.807) is 7.11 Å². The molecule has 2 aromatic carbocycles. The molecule has 1 aliphatic heterocycles. The predicted molar refractivity (Wildman–Crippen MR) is 100 cm³/mol. The molecule has 0 aliphatic carbocycles. The molecule has 138 valence electrons. The number of methoxy groups -OCH3 is 1. The molecule has 4 rings (SSSR count). The largest absolute Gasteiger partial charge is 0.496 e. The maximum absolute atomic E-state index is 12.4. The minimum Gasteiger partial charge on any atom is -0.496 e. The molecule has 0 spiro atoms. The molecule has 27 heavy (non-hydrogen) atoms. The summed E-state index contributed by atoms with van der Waals surface area (Å²) in [5.74, 6) is 1.77. The molecule has 1 fully saturated rings. The molecular formula is C21H21N3O3. The minimum absolute atomic E-state index is 0.0412. The van der Waals surface area contributed by atoms with E-state index < -0.39 is 0 Å². The lowest BCUT2D eigenvalue weighted by atomic mass is 10.1. The highest BCUT2D eigenvalue weighted by molar-refractivity contribution is 5.79. The first kappa shape index (κ1) is 17.3. The number of hydrogen-bond acceptors (Lipinski definition) is 5. The number of amides is 1. The summed E-state index contributed by atoms with van der Waals surface area (Å²) in [5.41, 5.74) is 1.98. The van der Waals surface area contributed by atoms with Gasteiger partial charge in [0.1, 0.15) is 5.75 Å². The Morgan fingerprint density at radius 3 is 2.74 bits per heavy atom. The average molecular weight is 363 g/mol. The van der Waals surface area contributed by atoms with E-state index in [0.717, 1.165) is 12.0 Å². The number of hydrogen-bond donors (Lipinski definition) is 0. The molecule has 6 nitrogen and oxygen atoms in total. The second-order valence-electron chi connectivity index (χ2n) is 6.63. The summed E-state index contributed by atoms with van der Waals surface area (Å²) in [4.78, 5) is 18.8. The molecule has 2 heterocycles. The van der Waals surface area contributed by atoms with E-state index in [9.17, 15) is 4.79 Å². The smallest absolute Gasteiger partial charge is 0.261 e. The maximum atomic E-state index is 12.4. The van der Waals surface area contributed by atoms with Crippen molar-refractivity contribution < 1.29 is 14.1 Å². The molecule has 0 bridgehead atoms. The summed E-state index contributed by atoms with van der Waals surface area (Å²) >= 11 is 0. The van der Waals surface area contributed by atoms with Gasteiger partial charge in [0, 0.05) is 25.4 Å². The average Bonchev–Trinajstić information content (AvgIpc) is 3.34. The fourth-order valence-electron chi connectivity index (χ4n) is 3.40. The van der Waals surface area contributed by atoms with Gasteiger partial charge in [0.2, 0.25) is 5.91 Å². The van der Waals surface area contributed by atoms with Gasteiger partial charge in [-0.25, -0.2) is 0 Å². The Morgan fingerprint density at radius 2 is 1.93 bits per heavy atom. The molecule has 3 aromatic rings. The van der Waals surface area contributed by atoms with E-state index in [-0.39, 0.29) is 11.8 Å². The third-order valence-electron chi connectivity index (χ3n) is 4.87. The summed E-state index contributed by atoms with van der Waals surface area (Å²) in [6.45, 7) is 1.33. The number of carbonyl (C=O) groups is 1. The fourth-order valence-corrected chi connectivity index (χ4v) is 3.40. The number of likely N-dealkylation sites (tertiary alicyclic amines) is 1. The van der Waals surface area contributed by atoms with Crippen LogP contribution in [0.2, 0.25) is 0 Å². The van der Waals surface area contributed by atoms with Gasteiger partial charge in [0.25, 0.3) is 5.89 Å². The van der Waals surface area contributed by atoms with Gasteiger partial charge in [-0.15, -0.1) is 0 Å². The zero-order valence-corrected chi connectivity index (χ0v) is 15.2. The number of nitrogens with zero attached hydrogens (tertiary/aromatic N) is 3. The van der Waals surface area contributed by atoms with Crippen molar-refractivity contribution in [3.05, 3.63) is 66.0 Å².